The van der Waals surface area contributed by atoms with Gasteiger partial charge in [-0.1, -0.05) is 6.58 Å². The van der Waals surface area contributed by atoms with Crippen LogP contribution >= 0.6 is 0 Å². The van der Waals surface area contributed by atoms with Crippen molar-refractivity contribution in [2.75, 3.05) is 0 Å². The van der Waals surface area contributed by atoms with Gasteiger partial charge in [0.15, 0.2) is 0 Å². The summed E-state index contributed by atoms with van der Waals surface area (Å²) in [6, 6.07) is 0. The van der Waals surface area contributed by atoms with E-state index in [-0.39, 0.29) is 29.4 Å². The van der Waals surface area contributed by atoms with E-state index in [4.69, 9.17) is 9.47 Å². The molecule has 4 rings (SSSR count). The Morgan fingerprint density at radius 1 is 0.939 bits per heavy atom. The maximum absolute atomic E-state index is 13.6. The zero-order valence-corrected chi connectivity index (χ0v) is 19.5. The van der Waals surface area contributed by atoms with E-state index in [1.807, 2.05) is 0 Å². The number of hydrogen-bond acceptors (Lipinski definition) is 4. The smallest absolute Gasteiger partial charge is 0.429 e. The molecule has 4 aliphatic carbocycles. The van der Waals surface area contributed by atoms with Gasteiger partial charge in [-0.2, -0.15) is 26.3 Å². The average molecular weight is 486 g/mol. The highest BCUT2D eigenvalue weighted by Crippen LogP contribution is 2.66. The average Bonchev–Trinajstić information content (AvgIpc) is 2.60. The third kappa shape index (κ3) is 3.98. The first-order chi connectivity index (χ1) is 14.7. The molecule has 2 atom stereocenters. The quantitative estimate of drug-likeness (QED) is 0.296. The van der Waals surface area contributed by atoms with Gasteiger partial charge in [0.1, 0.15) is 11.7 Å². The second kappa shape index (κ2) is 7.60. The lowest BCUT2D eigenvalue weighted by Gasteiger charge is -2.65. The summed E-state index contributed by atoms with van der Waals surface area (Å²) in [4.78, 5) is 12.1. The summed E-state index contributed by atoms with van der Waals surface area (Å²) in [6.45, 7) is 9.41. The molecule has 4 aliphatic rings. The van der Waals surface area contributed by atoms with Crippen LogP contribution in [0.5, 0.6) is 0 Å². The normalized spacial score (nSPS) is 32.7. The van der Waals surface area contributed by atoms with Crippen LogP contribution in [0.2, 0.25) is 0 Å². The molecule has 0 aromatic rings. The molecular weight excluding hydrogens is 454 g/mol. The van der Waals surface area contributed by atoms with Crippen LogP contribution in [0.15, 0.2) is 12.2 Å². The molecule has 0 saturated heterocycles. The van der Waals surface area contributed by atoms with Crippen molar-refractivity contribution in [1.29, 1.82) is 0 Å². The lowest BCUT2D eigenvalue weighted by Crippen LogP contribution is -2.72. The van der Waals surface area contributed by atoms with E-state index in [2.05, 4.69) is 6.58 Å². The lowest BCUT2D eigenvalue weighted by molar-refractivity contribution is -0.425. The van der Waals surface area contributed by atoms with Gasteiger partial charge in [0, 0.05) is 5.57 Å². The number of rotatable bonds is 6. The number of ether oxygens (including phenoxy) is 2. The highest BCUT2D eigenvalue weighted by atomic mass is 19.4. The summed E-state index contributed by atoms with van der Waals surface area (Å²) in [6.07, 6.45) is -9.28. The largest absolute Gasteiger partial charge is 0.458 e. The fourth-order valence-electron chi connectivity index (χ4n) is 6.80. The van der Waals surface area contributed by atoms with Gasteiger partial charge in [-0.3, -0.25) is 0 Å². The van der Waals surface area contributed by atoms with E-state index in [9.17, 15) is 36.2 Å². The van der Waals surface area contributed by atoms with Crippen molar-refractivity contribution in [3.05, 3.63) is 12.2 Å². The number of carbonyl (C=O) groups is 1. The van der Waals surface area contributed by atoms with E-state index >= 15 is 0 Å². The van der Waals surface area contributed by atoms with Gasteiger partial charge in [0.2, 0.25) is 0 Å². The fraction of sp³-hybridized carbons (Fsp3) is 0.870. The van der Waals surface area contributed by atoms with Gasteiger partial charge in [-0.05, 0) is 89.9 Å². The summed E-state index contributed by atoms with van der Waals surface area (Å²) in [5.74, 6) is -0.403. The Bertz CT molecular complexity index is 783. The molecule has 10 heteroatoms. The topological polar surface area (TPSA) is 55.8 Å². The number of esters is 1. The molecule has 4 fully saturated rings. The molecule has 0 aliphatic heterocycles. The fourth-order valence-corrected chi connectivity index (χ4v) is 6.80. The van der Waals surface area contributed by atoms with Crippen molar-refractivity contribution in [2.45, 2.75) is 102 Å². The molecule has 4 bridgehead atoms. The molecule has 2 unspecified atom stereocenters. The van der Waals surface area contributed by atoms with Crippen LogP contribution < -0.4 is 0 Å². The molecule has 0 spiro atoms. The van der Waals surface area contributed by atoms with Crippen molar-refractivity contribution in [3.63, 3.8) is 0 Å². The van der Waals surface area contributed by atoms with Crippen molar-refractivity contribution in [1.82, 2.24) is 0 Å². The maximum Gasteiger partial charge on any atom is 0.429 e. The summed E-state index contributed by atoms with van der Waals surface area (Å²) in [5.41, 5.74) is -9.92. The van der Waals surface area contributed by atoms with E-state index in [0.717, 1.165) is 12.8 Å². The molecule has 33 heavy (non-hydrogen) atoms. The first-order valence-corrected chi connectivity index (χ1v) is 11.1. The van der Waals surface area contributed by atoms with E-state index in [0.29, 0.717) is 33.1 Å². The molecule has 0 amide bonds. The second-order valence-corrected chi connectivity index (χ2v) is 11.2. The first kappa shape index (κ1) is 26.3. The van der Waals surface area contributed by atoms with Gasteiger partial charge < -0.3 is 14.6 Å². The third-order valence-electron chi connectivity index (χ3n) is 8.26. The van der Waals surface area contributed by atoms with Crippen LogP contribution in [0.1, 0.15) is 66.7 Å². The molecule has 0 radical (unpaired) electrons. The van der Waals surface area contributed by atoms with Gasteiger partial charge >= 0.3 is 18.3 Å². The van der Waals surface area contributed by atoms with Crippen LogP contribution in [0, 0.1) is 23.2 Å². The molecule has 1 N–H and O–H groups in total. The molecule has 0 aromatic carbocycles. The Morgan fingerprint density at radius 3 is 1.79 bits per heavy atom. The first-order valence-electron chi connectivity index (χ1n) is 11.1. The Morgan fingerprint density at radius 2 is 1.39 bits per heavy atom. The Labute approximate surface area is 189 Å². The predicted octanol–water partition coefficient (Wildman–Crippen LogP) is 5.73. The molecule has 4 saturated carbocycles. The van der Waals surface area contributed by atoms with Gasteiger partial charge in [-0.25, -0.2) is 4.79 Å². The van der Waals surface area contributed by atoms with Crippen LogP contribution in [-0.4, -0.2) is 46.3 Å². The molecule has 4 nitrogen and oxygen atoms in total. The van der Waals surface area contributed by atoms with Gasteiger partial charge in [0.25, 0.3) is 5.60 Å². The molecule has 0 heterocycles. The van der Waals surface area contributed by atoms with Crippen LogP contribution in [0.25, 0.3) is 0 Å². The minimum atomic E-state index is -5.99. The van der Waals surface area contributed by atoms with Crippen molar-refractivity contribution < 1.29 is 45.7 Å². The van der Waals surface area contributed by atoms with Crippen molar-refractivity contribution in [2.24, 2.45) is 23.2 Å². The summed E-state index contributed by atoms with van der Waals surface area (Å²) in [7, 11) is 0. The summed E-state index contributed by atoms with van der Waals surface area (Å²) >= 11 is 0. The lowest BCUT2D eigenvalue weighted by atomic mass is 9.45. The highest BCUT2D eigenvalue weighted by Gasteiger charge is 2.78. The van der Waals surface area contributed by atoms with Crippen LogP contribution in [-0.2, 0) is 14.3 Å². The zero-order chi connectivity index (χ0) is 25.4. The molecule has 190 valence electrons. The number of alkyl halides is 6. The number of hydrogen-bond donors (Lipinski definition) is 1. The minimum absolute atomic E-state index is 0.0605. The van der Waals surface area contributed by atoms with Gasteiger partial charge in [0.05, 0.1) is 5.60 Å². The Balaban J connectivity index is 1.91. The standard InChI is InChI=1S/C23H32F6O4/c1-12(2)17(30)32-16-14-7-13-8-15(16)11-20(9-13,10-14)18(3,4)33-19(5,6)21(31,22(24,25)26)23(27,28)29/h13-16,31H,1,7-11H2,2-6H3. The summed E-state index contributed by atoms with van der Waals surface area (Å²) < 4.78 is 92.7. The minimum Gasteiger partial charge on any atom is -0.458 e. The number of halogens is 6. The van der Waals surface area contributed by atoms with Crippen molar-refractivity contribution in [3.8, 4) is 0 Å². The molecular formula is C23H32F6O4. The van der Waals surface area contributed by atoms with E-state index in [1.54, 1.807) is 6.92 Å². The SMILES string of the molecule is C=C(C)C(=O)OC1C2CC3CC1CC(C(C)(C)OC(C)(C)C(O)(C(F)(F)F)C(F)(F)F)(C3)C2. The number of aliphatic hydroxyl groups is 1. The van der Waals surface area contributed by atoms with E-state index < -0.39 is 40.5 Å². The summed E-state index contributed by atoms with van der Waals surface area (Å²) in [5, 5.41) is 10.0. The Kier molecular flexibility index (Phi) is 6.06. The molecule has 0 aromatic heterocycles. The maximum atomic E-state index is 13.6. The van der Waals surface area contributed by atoms with Crippen molar-refractivity contribution >= 4 is 5.97 Å². The van der Waals surface area contributed by atoms with Crippen LogP contribution in [0.4, 0.5) is 26.3 Å². The van der Waals surface area contributed by atoms with E-state index in [1.165, 1.54) is 13.8 Å². The Hall–Kier alpha value is -1.29. The predicted molar refractivity (Wildman–Crippen MR) is 107 cm³/mol. The zero-order valence-electron chi connectivity index (χ0n) is 19.5. The number of carbonyl (C=O) groups excluding carboxylic acids is 1. The monoisotopic (exact) mass is 486 g/mol. The highest BCUT2D eigenvalue weighted by molar-refractivity contribution is 5.87. The third-order valence-corrected chi connectivity index (χ3v) is 8.26. The second-order valence-electron chi connectivity index (χ2n) is 11.2. The van der Waals surface area contributed by atoms with Gasteiger partial charge in [-0.15, -0.1) is 0 Å². The van der Waals surface area contributed by atoms with Crippen LogP contribution in [0.3, 0.4) is 0 Å².